The Morgan fingerprint density at radius 1 is 1.13 bits per heavy atom. The third-order valence-corrected chi connectivity index (χ3v) is 9.88. The van der Waals surface area contributed by atoms with Crippen molar-refractivity contribution in [3.63, 3.8) is 0 Å². The molecule has 1 spiro atoms. The van der Waals surface area contributed by atoms with Crippen LogP contribution in [0.4, 0.5) is 22.1 Å². The molecule has 3 N–H and O–H groups in total. The van der Waals surface area contributed by atoms with E-state index in [0.29, 0.717) is 19.8 Å². The van der Waals surface area contributed by atoms with E-state index >= 15 is 0 Å². The van der Waals surface area contributed by atoms with Crippen LogP contribution in [-0.4, -0.2) is 81.4 Å². The molecule has 4 aliphatic heterocycles. The van der Waals surface area contributed by atoms with E-state index in [4.69, 9.17) is 40.0 Å². The molecule has 1 amide bonds. The Hall–Kier alpha value is -3.55. The molecule has 13 heteroatoms. The van der Waals surface area contributed by atoms with Crippen molar-refractivity contribution in [2.45, 2.75) is 103 Å². The highest BCUT2D eigenvalue weighted by molar-refractivity contribution is 5.88. The maximum Gasteiger partial charge on any atom is 0.407 e. The number of nitrogens with one attached hydrogen (secondary N) is 1. The molecule has 3 fully saturated rings. The van der Waals surface area contributed by atoms with Gasteiger partial charge in [0.15, 0.2) is 23.2 Å². The Kier molecular flexibility index (Phi) is 8.26. The van der Waals surface area contributed by atoms with Crippen molar-refractivity contribution in [1.82, 2.24) is 30.0 Å². The number of carbonyl (C=O) groups excluding carboxylic acids is 1. The number of aryl methyl sites for hydroxylation is 1. The number of ether oxygens (including phenoxy) is 3. The Balaban J connectivity index is 1.16. The van der Waals surface area contributed by atoms with Gasteiger partial charge in [-0.1, -0.05) is 0 Å². The average molecular weight is 634 g/mol. The number of hydrogen-bond donors (Lipinski definition) is 2. The van der Waals surface area contributed by atoms with Crippen LogP contribution in [0.15, 0.2) is 18.3 Å². The zero-order valence-electron chi connectivity index (χ0n) is 27.5. The molecule has 0 saturated carbocycles. The van der Waals surface area contributed by atoms with Crippen LogP contribution >= 0.6 is 0 Å². The van der Waals surface area contributed by atoms with Gasteiger partial charge in [-0.2, -0.15) is 0 Å². The molecule has 0 radical (unpaired) electrons. The average Bonchev–Trinajstić information content (AvgIpc) is 3.57. The molecular formula is C33H47N9O4. The summed E-state index contributed by atoms with van der Waals surface area (Å²) in [6.07, 6.45) is 7.83. The van der Waals surface area contributed by atoms with Crippen LogP contribution < -0.4 is 20.9 Å². The van der Waals surface area contributed by atoms with E-state index in [1.165, 1.54) is 0 Å². The van der Waals surface area contributed by atoms with E-state index in [9.17, 15) is 4.79 Å². The van der Waals surface area contributed by atoms with Crippen molar-refractivity contribution in [3.8, 4) is 0 Å². The maximum absolute atomic E-state index is 12.7. The molecule has 46 heavy (non-hydrogen) atoms. The molecule has 3 saturated heterocycles. The lowest BCUT2D eigenvalue weighted by Crippen LogP contribution is -2.55. The smallest absolute Gasteiger partial charge is 0.407 e. The standard InChI is InChI=1S/C33H47N9O4/c1-21-28(38-31(43)46-32(2,3)4)33(20-45-21)12-15-40(16-13-33)25-19-35-27-29(37-25)42(26-9-5-6-17-44-26)39-30(27)41-14-7-8-23-24(41)11-10-22(18-34)36-23/h10-11,19,21,26,28H,5-9,12-18,20,34H2,1-4H3,(H,38,43)/t21-,26?,28+/m0/s1. The Bertz CT molecular complexity index is 1570. The van der Waals surface area contributed by atoms with Crippen molar-refractivity contribution >= 4 is 34.6 Å². The summed E-state index contributed by atoms with van der Waals surface area (Å²) >= 11 is 0. The molecule has 3 aromatic heterocycles. The van der Waals surface area contributed by atoms with Crippen LogP contribution in [0.2, 0.25) is 0 Å². The fourth-order valence-electron chi connectivity index (χ4n) is 7.49. The van der Waals surface area contributed by atoms with Crippen molar-refractivity contribution < 1.29 is 19.0 Å². The maximum atomic E-state index is 12.7. The zero-order chi connectivity index (χ0) is 32.1. The highest BCUT2D eigenvalue weighted by Gasteiger charge is 2.50. The number of anilines is 3. The van der Waals surface area contributed by atoms with Gasteiger partial charge >= 0.3 is 6.09 Å². The van der Waals surface area contributed by atoms with Gasteiger partial charge in [-0.15, -0.1) is 5.10 Å². The van der Waals surface area contributed by atoms with Gasteiger partial charge in [-0.05, 0) is 84.8 Å². The molecule has 7 heterocycles. The Morgan fingerprint density at radius 3 is 2.70 bits per heavy atom. The first-order valence-electron chi connectivity index (χ1n) is 16.8. The molecule has 7 rings (SSSR count). The summed E-state index contributed by atoms with van der Waals surface area (Å²) in [5.41, 5.74) is 9.67. The molecule has 0 aliphatic carbocycles. The quantitative estimate of drug-likeness (QED) is 0.413. The zero-order valence-corrected chi connectivity index (χ0v) is 27.5. The minimum absolute atomic E-state index is 0.0875. The second-order valence-electron chi connectivity index (χ2n) is 14.2. The summed E-state index contributed by atoms with van der Waals surface area (Å²) in [7, 11) is 0. The number of amides is 1. The van der Waals surface area contributed by atoms with Gasteiger partial charge in [0.25, 0.3) is 0 Å². The number of nitrogens with two attached hydrogens (primary N) is 1. The van der Waals surface area contributed by atoms with Crippen molar-refractivity contribution in [1.29, 1.82) is 0 Å². The summed E-state index contributed by atoms with van der Waals surface area (Å²) in [4.78, 5) is 32.3. The summed E-state index contributed by atoms with van der Waals surface area (Å²) < 4.78 is 19.9. The van der Waals surface area contributed by atoms with Crippen LogP contribution in [0.1, 0.15) is 83.8 Å². The lowest BCUT2D eigenvalue weighted by molar-refractivity contribution is -0.0368. The molecule has 1 unspecified atom stereocenters. The second kappa shape index (κ2) is 12.2. The first kappa shape index (κ1) is 31.1. The highest BCUT2D eigenvalue weighted by atomic mass is 16.6. The Morgan fingerprint density at radius 2 is 1.96 bits per heavy atom. The lowest BCUT2D eigenvalue weighted by Gasteiger charge is -2.42. The normalized spacial score (nSPS) is 24.8. The number of pyridine rings is 1. The van der Waals surface area contributed by atoms with Gasteiger partial charge in [0.05, 0.1) is 42.0 Å². The first-order chi connectivity index (χ1) is 22.1. The fraction of sp³-hybridized carbons (Fsp3) is 0.667. The predicted molar refractivity (Wildman–Crippen MR) is 174 cm³/mol. The lowest BCUT2D eigenvalue weighted by atomic mass is 9.73. The third kappa shape index (κ3) is 5.88. The van der Waals surface area contributed by atoms with E-state index in [-0.39, 0.29) is 23.8 Å². The molecule has 3 atom stereocenters. The number of piperidine rings is 1. The van der Waals surface area contributed by atoms with Gasteiger partial charge in [-0.25, -0.2) is 19.4 Å². The van der Waals surface area contributed by atoms with Crippen LogP contribution in [0, 0.1) is 5.41 Å². The summed E-state index contributed by atoms with van der Waals surface area (Å²) in [6, 6.07) is 3.99. The van der Waals surface area contributed by atoms with Gasteiger partial charge in [-0.3, -0.25) is 4.98 Å². The number of rotatable bonds is 5. The summed E-state index contributed by atoms with van der Waals surface area (Å²) in [5, 5.41) is 8.29. The third-order valence-electron chi connectivity index (χ3n) is 9.88. The summed E-state index contributed by atoms with van der Waals surface area (Å²) in [5.74, 6) is 1.61. The van der Waals surface area contributed by atoms with Gasteiger partial charge in [0.2, 0.25) is 0 Å². The molecule has 13 nitrogen and oxygen atoms in total. The number of alkyl carbamates (subject to hydrolysis) is 1. The van der Waals surface area contributed by atoms with E-state index in [0.717, 1.165) is 104 Å². The number of fused-ring (bicyclic) bond motifs is 2. The molecule has 0 bridgehead atoms. The van der Waals surface area contributed by atoms with Crippen molar-refractivity contribution in [2.75, 3.05) is 42.6 Å². The minimum atomic E-state index is -0.558. The molecule has 0 aromatic carbocycles. The molecular weight excluding hydrogens is 586 g/mol. The molecule has 3 aromatic rings. The number of nitrogens with zero attached hydrogens (tertiary/aromatic N) is 7. The van der Waals surface area contributed by atoms with Gasteiger partial charge < -0.3 is 35.1 Å². The summed E-state index contributed by atoms with van der Waals surface area (Å²) in [6.45, 7) is 11.8. The van der Waals surface area contributed by atoms with Crippen LogP contribution in [0.5, 0.6) is 0 Å². The highest BCUT2D eigenvalue weighted by Crippen LogP contribution is 2.44. The minimum Gasteiger partial charge on any atom is -0.444 e. The van der Waals surface area contributed by atoms with Crippen LogP contribution in [0.25, 0.3) is 11.2 Å². The van der Waals surface area contributed by atoms with E-state index in [2.05, 4.69) is 21.2 Å². The molecule has 248 valence electrons. The van der Waals surface area contributed by atoms with E-state index in [1.54, 1.807) is 0 Å². The van der Waals surface area contributed by atoms with Crippen molar-refractivity contribution in [3.05, 3.63) is 29.7 Å². The monoisotopic (exact) mass is 633 g/mol. The topological polar surface area (TPSA) is 146 Å². The van der Waals surface area contributed by atoms with Crippen molar-refractivity contribution in [2.24, 2.45) is 11.1 Å². The van der Waals surface area contributed by atoms with Gasteiger partial charge in [0, 0.05) is 38.2 Å². The van der Waals surface area contributed by atoms with E-state index < -0.39 is 11.7 Å². The Labute approximate surface area is 270 Å². The fourth-order valence-corrected chi connectivity index (χ4v) is 7.49. The van der Waals surface area contributed by atoms with E-state index in [1.807, 2.05) is 44.6 Å². The second-order valence-corrected chi connectivity index (χ2v) is 14.2. The van der Waals surface area contributed by atoms with Crippen LogP contribution in [-0.2, 0) is 27.2 Å². The SMILES string of the molecule is C[C@@H]1OCC2(CCN(c3cnc4c(N5CCCc6nc(CN)ccc65)nn(C5CCCCO5)c4n3)CC2)[C@@H]1NC(=O)OC(C)(C)C. The number of aromatic nitrogens is 5. The molecule has 4 aliphatic rings. The first-order valence-corrected chi connectivity index (χ1v) is 16.8. The van der Waals surface area contributed by atoms with Crippen LogP contribution in [0.3, 0.4) is 0 Å². The number of hydrogen-bond acceptors (Lipinski definition) is 11. The van der Waals surface area contributed by atoms with Gasteiger partial charge in [0.1, 0.15) is 11.4 Å². The largest absolute Gasteiger partial charge is 0.444 e. The number of carbonyl (C=O) groups is 1. The predicted octanol–water partition coefficient (Wildman–Crippen LogP) is 4.36.